The van der Waals surface area contributed by atoms with Gasteiger partial charge in [-0.05, 0) is 31.6 Å². The predicted octanol–water partition coefficient (Wildman–Crippen LogP) is 3.49. The third-order valence-corrected chi connectivity index (χ3v) is 5.06. The van der Waals surface area contributed by atoms with Crippen molar-refractivity contribution in [2.24, 2.45) is 11.8 Å². The maximum absolute atomic E-state index is 11.4. The first-order valence-corrected chi connectivity index (χ1v) is 8.38. The normalized spacial score (nSPS) is 25.6. The molecular formula is C15H24N2O2S. The second kappa shape index (κ2) is 7.07. The number of carbonyl (C=O) groups is 1. The highest BCUT2D eigenvalue weighted by molar-refractivity contribution is 7.13. The van der Waals surface area contributed by atoms with Crippen LogP contribution in [0.25, 0.3) is 0 Å². The van der Waals surface area contributed by atoms with Crippen LogP contribution in [0.4, 0.5) is 5.13 Å². The molecule has 0 aromatic carbocycles. The van der Waals surface area contributed by atoms with Gasteiger partial charge in [0.05, 0.1) is 18.7 Å². The van der Waals surface area contributed by atoms with Crippen LogP contribution in [-0.4, -0.2) is 23.6 Å². The third-order valence-electron chi connectivity index (χ3n) is 4.24. The molecule has 2 rings (SSSR count). The summed E-state index contributed by atoms with van der Waals surface area (Å²) < 4.78 is 4.94. The quantitative estimate of drug-likeness (QED) is 0.817. The molecule has 0 radical (unpaired) electrons. The molecule has 20 heavy (non-hydrogen) atoms. The Morgan fingerprint density at radius 3 is 2.95 bits per heavy atom. The molecule has 112 valence electrons. The van der Waals surface area contributed by atoms with E-state index in [-0.39, 0.29) is 12.4 Å². The van der Waals surface area contributed by atoms with Gasteiger partial charge in [-0.25, -0.2) is 4.98 Å². The molecule has 1 aromatic rings. The molecule has 3 atom stereocenters. The number of anilines is 1. The Morgan fingerprint density at radius 1 is 1.50 bits per heavy atom. The number of nitrogens with zero attached hydrogens (tertiary/aromatic N) is 1. The lowest BCUT2D eigenvalue weighted by Crippen LogP contribution is -2.24. The lowest BCUT2D eigenvalue weighted by atomic mass is 9.94. The number of rotatable bonds is 6. The fraction of sp³-hybridized carbons (Fsp3) is 0.733. The molecule has 0 bridgehead atoms. The number of aromatic nitrogens is 1. The molecule has 0 saturated heterocycles. The first-order valence-electron chi connectivity index (χ1n) is 7.50. The number of esters is 1. The van der Waals surface area contributed by atoms with Crippen LogP contribution in [-0.2, 0) is 16.0 Å². The Balaban J connectivity index is 1.88. The zero-order valence-corrected chi connectivity index (χ0v) is 13.3. The largest absolute Gasteiger partial charge is 0.466 e. The number of hydrogen-bond acceptors (Lipinski definition) is 5. The predicted molar refractivity (Wildman–Crippen MR) is 82.0 cm³/mol. The SMILES string of the molecule is CCOC(=O)Cc1csc(NC2CCC(CC)C2C)n1. The van der Waals surface area contributed by atoms with Crippen molar-refractivity contribution >= 4 is 22.4 Å². The van der Waals surface area contributed by atoms with Gasteiger partial charge in [0.2, 0.25) is 0 Å². The first kappa shape index (κ1) is 15.3. The summed E-state index contributed by atoms with van der Waals surface area (Å²) in [5, 5.41) is 6.41. The smallest absolute Gasteiger partial charge is 0.311 e. The molecule has 1 aliphatic rings. The maximum Gasteiger partial charge on any atom is 0.311 e. The first-order chi connectivity index (χ1) is 9.63. The van der Waals surface area contributed by atoms with Crippen molar-refractivity contribution in [2.45, 2.75) is 52.5 Å². The molecule has 5 heteroatoms. The van der Waals surface area contributed by atoms with Gasteiger partial charge in [0.15, 0.2) is 5.13 Å². The third kappa shape index (κ3) is 3.72. The monoisotopic (exact) mass is 296 g/mol. The number of hydrogen-bond donors (Lipinski definition) is 1. The average molecular weight is 296 g/mol. The molecular weight excluding hydrogens is 272 g/mol. The molecule has 1 aliphatic carbocycles. The summed E-state index contributed by atoms with van der Waals surface area (Å²) >= 11 is 1.58. The van der Waals surface area contributed by atoms with E-state index in [4.69, 9.17) is 4.74 Å². The minimum absolute atomic E-state index is 0.204. The summed E-state index contributed by atoms with van der Waals surface area (Å²) in [4.78, 5) is 15.9. The summed E-state index contributed by atoms with van der Waals surface area (Å²) in [6.45, 7) is 6.83. The van der Waals surface area contributed by atoms with Crippen molar-refractivity contribution in [3.05, 3.63) is 11.1 Å². The van der Waals surface area contributed by atoms with Crippen molar-refractivity contribution in [1.29, 1.82) is 0 Å². The van der Waals surface area contributed by atoms with Crippen LogP contribution >= 0.6 is 11.3 Å². The van der Waals surface area contributed by atoms with Gasteiger partial charge in [0.25, 0.3) is 0 Å². The van der Waals surface area contributed by atoms with Crippen LogP contribution in [0, 0.1) is 11.8 Å². The summed E-state index contributed by atoms with van der Waals surface area (Å²) in [6, 6.07) is 0.515. The van der Waals surface area contributed by atoms with Crippen LogP contribution in [0.2, 0.25) is 0 Å². The number of ether oxygens (including phenoxy) is 1. The Bertz CT molecular complexity index is 447. The molecule has 1 fully saturated rings. The van der Waals surface area contributed by atoms with Gasteiger partial charge in [0, 0.05) is 11.4 Å². The van der Waals surface area contributed by atoms with Crippen LogP contribution in [0.3, 0.4) is 0 Å². The molecule has 0 spiro atoms. The van der Waals surface area contributed by atoms with Gasteiger partial charge >= 0.3 is 5.97 Å². The molecule has 4 nitrogen and oxygen atoms in total. The van der Waals surface area contributed by atoms with E-state index in [0.29, 0.717) is 18.6 Å². The van der Waals surface area contributed by atoms with Gasteiger partial charge in [-0.15, -0.1) is 11.3 Å². The Hall–Kier alpha value is -1.10. The highest BCUT2D eigenvalue weighted by Gasteiger charge is 2.31. The molecule has 0 amide bonds. The minimum Gasteiger partial charge on any atom is -0.466 e. The minimum atomic E-state index is -0.204. The van der Waals surface area contributed by atoms with Crippen LogP contribution in [0.15, 0.2) is 5.38 Å². The standard InChI is InChI=1S/C15H24N2O2S/c1-4-11-6-7-13(10(11)3)17-15-16-12(9-20-15)8-14(18)19-5-2/h9-11,13H,4-8H2,1-3H3,(H,16,17). The van der Waals surface area contributed by atoms with E-state index in [2.05, 4.69) is 24.1 Å². The zero-order valence-electron chi connectivity index (χ0n) is 12.5. The van der Waals surface area contributed by atoms with Crippen molar-refractivity contribution in [3.8, 4) is 0 Å². The second-order valence-electron chi connectivity index (χ2n) is 5.48. The second-order valence-corrected chi connectivity index (χ2v) is 6.34. The highest BCUT2D eigenvalue weighted by Crippen LogP contribution is 2.36. The van der Waals surface area contributed by atoms with E-state index >= 15 is 0 Å². The highest BCUT2D eigenvalue weighted by atomic mass is 32.1. The van der Waals surface area contributed by atoms with Gasteiger partial charge in [-0.3, -0.25) is 4.79 Å². The van der Waals surface area contributed by atoms with Crippen LogP contribution in [0.1, 0.15) is 45.7 Å². The molecule has 3 unspecified atom stereocenters. The lowest BCUT2D eigenvalue weighted by Gasteiger charge is -2.20. The topological polar surface area (TPSA) is 51.2 Å². The van der Waals surface area contributed by atoms with E-state index in [0.717, 1.165) is 16.7 Å². The van der Waals surface area contributed by atoms with E-state index in [1.54, 1.807) is 11.3 Å². The van der Waals surface area contributed by atoms with Crippen molar-refractivity contribution in [1.82, 2.24) is 4.98 Å². The van der Waals surface area contributed by atoms with Gasteiger partial charge in [-0.2, -0.15) is 0 Å². The molecule has 0 aliphatic heterocycles. The maximum atomic E-state index is 11.4. The summed E-state index contributed by atoms with van der Waals surface area (Å²) in [5.41, 5.74) is 0.800. The Kier molecular flexibility index (Phi) is 5.40. The van der Waals surface area contributed by atoms with Crippen molar-refractivity contribution in [3.63, 3.8) is 0 Å². The fourth-order valence-corrected chi connectivity index (χ4v) is 3.77. The van der Waals surface area contributed by atoms with Crippen LogP contribution < -0.4 is 5.32 Å². The summed E-state index contributed by atoms with van der Waals surface area (Å²) in [6.07, 6.45) is 4.04. The summed E-state index contributed by atoms with van der Waals surface area (Å²) in [7, 11) is 0. The van der Waals surface area contributed by atoms with Crippen LogP contribution in [0.5, 0.6) is 0 Å². The fourth-order valence-electron chi connectivity index (χ4n) is 3.00. The van der Waals surface area contributed by atoms with E-state index in [1.807, 2.05) is 12.3 Å². The van der Waals surface area contributed by atoms with E-state index < -0.39 is 0 Å². The lowest BCUT2D eigenvalue weighted by molar-refractivity contribution is -0.142. The number of nitrogens with one attached hydrogen (secondary N) is 1. The Labute approximate surface area is 124 Å². The van der Waals surface area contributed by atoms with Gasteiger partial charge in [-0.1, -0.05) is 20.3 Å². The summed E-state index contributed by atoms with van der Waals surface area (Å²) in [5.74, 6) is 1.31. The van der Waals surface area contributed by atoms with Gasteiger partial charge in [0.1, 0.15) is 0 Å². The van der Waals surface area contributed by atoms with E-state index in [1.165, 1.54) is 19.3 Å². The Morgan fingerprint density at radius 2 is 2.30 bits per heavy atom. The molecule has 1 aromatic heterocycles. The van der Waals surface area contributed by atoms with Gasteiger partial charge < -0.3 is 10.1 Å². The zero-order chi connectivity index (χ0) is 14.5. The average Bonchev–Trinajstić information content (AvgIpc) is 2.98. The molecule has 1 heterocycles. The van der Waals surface area contributed by atoms with Crippen molar-refractivity contribution in [2.75, 3.05) is 11.9 Å². The van der Waals surface area contributed by atoms with Crippen molar-refractivity contribution < 1.29 is 9.53 Å². The number of carbonyl (C=O) groups excluding carboxylic acids is 1. The van der Waals surface area contributed by atoms with E-state index in [9.17, 15) is 4.79 Å². The molecule has 1 N–H and O–H groups in total. The molecule has 1 saturated carbocycles. The number of thiazole rings is 1.